The summed E-state index contributed by atoms with van der Waals surface area (Å²) in [5, 5.41) is 0.385. The van der Waals surface area contributed by atoms with Crippen molar-refractivity contribution in [2.45, 2.75) is 13.5 Å². The van der Waals surface area contributed by atoms with Crippen molar-refractivity contribution in [2.24, 2.45) is 0 Å². The molecule has 0 unspecified atom stereocenters. The van der Waals surface area contributed by atoms with E-state index < -0.39 is 0 Å². The lowest BCUT2D eigenvalue weighted by Crippen LogP contribution is -2.00. The second-order valence-corrected chi connectivity index (χ2v) is 3.49. The van der Waals surface area contributed by atoms with Crippen LogP contribution in [0, 0.1) is 0 Å². The van der Waals surface area contributed by atoms with E-state index in [-0.39, 0.29) is 0 Å². The molecule has 0 saturated carbocycles. The molecule has 2 rings (SSSR count). The fraction of sp³-hybridized carbons (Fsp3) is 0.273. The number of nitrogens with zero attached hydrogens (tertiary/aromatic N) is 2. The van der Waals surface area contributed by atoms with Gasteiger partial charge in [0.15, 0.2) is 11.6 Å². The molecule has 0 aliphatic heterocycles. The summed E-state index contributed by atoms with van der Waals surface area (Å²) >= 11 is 5.90. The van der Waals surface area contributed by atoms with E-state index in [0.717, 1.165) is 0 Å². The Labute approximate surface area is 98.2 Å². The molecule has 16 heavy (non-hydrogen) atoms. The van der Waals surface area contributed by atoms with Gasteiger partial charge in [-0.15, -0.1) is 0 Å². The van der Waals surface area contributed by atoms with Crippen molar-refractivity contribution in [1.29, 1.82) is 0 Å². The van der Waals surface area contributed by atoms with Crippen molar-refractivity contribution >= 4 is 11.6 Å². The number of ether oxygens (including phenoxy) is 1. The fourth-order valence-corrected chi connectivity index (χ4v) is 1.47. The molecule has 4 nitrogen and oxygen atoms in total. The largest absolute Gasteiger partial charge is 0.463 e. The van der Waals surface area contributed by atoms with Crippen LogP contribution in [0.15, 0.2) is 28.9 Å². The van der Waals surface area contributed by atoms with Gasteiger partial charge in [-0.25, -0.2) is 9.97 Å². The Balaban J connectivity index is 2.29. The Morgan fingerprint density at radius 1 is 1.44 bits per heavy atom. The van der Waals surface area contributed by atoms with Crippen molar-refractivity contribution in [3.05, 3.63) is 35.4 Å². The van der Waals surface area contributed by atoms with Gasteiger partial charge in [0.25, 0.3) is 0 Å². The number of hydrogen-bond acceptors (Lipinski definition) is 4. The number of furan rings is 1. The van der Waals surface area contributed by atoms with Crippen LogP contribution in [0.5, 0.6) is 0 Å². The molecule has 5 heteroatoms. The van der Waals surface area contributed by atoms with E-state index in [0.29, 0.717) is 35.6 Å². The highest BCUT2D eigenvalue weighted by atomic mass is 35.5. The minimum absolute atomic E-state index is 0.352. The molecule has 2 aromatic rings. The quantitative estimate of drug-likeness (QED) is 0.769. The minimum atomic E-state index is 0.352. The van der Waals surface area contributed by atoms with Crippen LogP contribution in [0.2, 0.25) is 5.15 Å². The van der Waals surface area contributed by atoms with Crippen LogP contribution in [-0.2, 0) is 11.3 Å². The summed E-state index contributed by atoms with van der Waals surface area (Å²) < 4.78 is 10.5. The maximum Gasteiger partial charge on any atom is 0.156 e. The summed E-state index contributed by atoms with van der Waals surface area (Å²) in [6.45, 7) is 2.88. The molecular weight excluding hydrogens is 228 g/mol. The summed E-state index contributed by atoms with van der Waals surface area (Å²) in [6, 6.07) is 5.28. The lowest BCUT2D eigenvalue weighted by Gasteiger charge is -2.03. The molecule has 0 aromatic carbocycles. The standard InChI is InChI=1S/C11H11ClN2O2/c1-2-15-7-11-13-8(6-10(12)14-11)9-4-3-5-16-9/h3-6H,2,7H2,1H3. The van der Waals surface area contributed by atoms with Crippen molar-refractivity contribution in [1.82, 2.24) is 9.97 Å². The highest BCUT2D eigenvalue weighted by Crippen LogP contribution is 2.20. The third-order valence-electron chi connectivity index (χ3n) is 1.95. The van der Waals surface area contributed by atoms with Crippen LogP contribution in [0.4, 0.5) is 0 Å². The molecule has 0 radical (unpaired) electrons. The molecule has 0 amide bonds. The van der Waals surface area contributed by atoms with Gasteiger partial charge in [-0.05, 0) is 19.1 Å². The SMILES string of the molecule is CCOCc1nc(Cl)cc(-c2ccco2)n1. The molecule has 0 spiro atoms. The zero-order chi connectivity index (χ0) is 11.4. The summed E-state index contributed by atoms with van der Waals surface area (Å²) in [6.07, 6.45) is 1.59. The lowest BCUT2D eigenvalue weighted by molar-refractivity contribution is 0.128. The summed E-state index contributed by atoms with van der Waals surface area (Å²) in [4.78, 5) is 8.37. The maximum absolute atomic E-state index is 5.90. The number of aromatic nitrogens is 2. The summed E-state index contributed by atoms with van der Waals surface area (Å²) in [5.41, 5.74) is 0.666. The normalized spacial score (nSPS) is 10.6. The second-order valence-electron chi connectivity index (χ2n) is 3.11. The number of halogens is 1. The van der Waals surface area contributed by atoms with E-state index in [1.807, 2.05) is 13.0 Å². The van der Waals surface area contributed by atoms with Gasteiger partial charge in [0, 0.05) is 12.7 Å². The average molecular weight is 239 g/mol. The minimum Gasteiger partial charge on any atom is -0.463 e. The molecule has 0 aliphatic rings. The zero-order valence-electron chi connectivity index (χ0n) is 8.81. The van der Waals surface area contributed by atoms with E-state index in [2.05, 4.69) is 9.97 Å². The van der Waals surface area contributed by atoms with Gasteiger partial charge in [-0.1, -0.05) is 11.6 Å². The lowest BCUT2D eigenvalue weighted by atomic mass is 10.3. The van der Waals surface area contributed by atoms with E-state index in [9.17, 15) is 0 Å². The van der Waals surface area contributed by atoms with Gasteiger partial charge in [0.2, 0.25) is 0 Å². The van der Waals surface area contributed by atoms with E-state index in [4.69, 9.17) is 20.8 Å². The molecule has 0 atom stereocenters. The van der Waals surface area contributed by atoms with Gasteiger partial charge in [-0.2, -0.15) is 0 Å². The van der Waals surface area contributed by atoms with Crippen LogP contribution in [0.3, 0.4) is 0 Å². The first-order valence-corrected chi connectivity index (χ1v) is 5.32. The van der Waals surface area contributed by atoms with Gasteiger partial charge >= 0.3 is 0 Å². The number of hydrogen-bond donors (Lipinski definition) is 0. The first kappa shape index (κ1) is 11.1. The molecule has 0 fully saturated rings. The molecule has 0 N–H and O–H groups in total. The highest BCUT2D eigenvalue weighted by molar-refractivity contribution is 6.29. The van der Waals surface area contributed by atoms with Crippen LogP contribution >= 0.6 is 11.6 Å². The molecule has 0 saturated heterocycles. The third kappa shape index (κ3) is 2.59. The Kier molecular flexibility index (Phi) is 3.54. The van der Waals surface area contributed by atoms with Gasteiger partial charge in [-0.3, -0.25) is 0 Å². The van der Waals surface area contributed by atoms with Crippen molar-refractivity contribution in [3.8, 4) is 11.5 Å². The highest BCUT2D eigenvalue weighted by Gasteiger charge is 2.07. The van der Waals surface area contributed by atoms with E-state index in [1.54, 1.807) is 18.4 Å². The first-order chi connectivity index (χ1) is 7.79. The fourth-order valence-electron chi connectivity index (χ4n) is 1.27. The Bertz CT molecular complexity index is 457. The second kappa shape index (κ2) is 5.09. The maximum atomic E-state index is 5.90. The predicted octanol–water partition coefficient (Wildman–Crippen LogP) is 2.93. The zero-order valence-corrected chi connectivity index (χ0v) is 9.57. The third-order valence-corrected chi connectivity index (χ3v) is 2.14. The predicted molar refractivity (Wildman–Crippen MR) is 60.1 cm³/mol. The average Bonchev–Trinajstić information content (AvgIpc) is 2.79. The smallest absolute Gasteiger partial charge is 0.156 e. The Morgan fingerprint density at radius 3 is 3.00 bits per heavy atom. The van der Waals surface area contributed by atoms with Gasteiger partial charge in [0.1, 0.15) is 17.5 Å². The molecule has 2 heterocycles. The first-order valence-electron chi connectivity index (χ1n) is 4.94. The van der Waals surface area contributed by atoms with E-state index in [1.165, 1.54) is 0 Å². The van der Waals surface area contributed by atoms with Gasteiger partial charge in [0.05, 0.1) is 6.26 Å². The van der Waals surface area contributed by atoms with Crippen LogP contribution < -0.4 is 0 Å². The Morgan fingerprint density at radius 2 is 2.31 bits per heavy atom. The van der Waals surface area contributed by atoms with E-state index >= 15 is 0 Å². The summed E-state index contributed by atoms with van der Waals surface area (Å²) in [7, 11) is 0. The van der Waals surface area contributed by atoms with Crippen LogP contribution in [-0.4, -0.2) is 16.6 Å². The monoisotopic (exact) mass is 238 g/mol. The van der Waals surface area contributed by atoms with Crippen molar-refractivity contribution in [3.63, 3.8) is 0 Å². The van der Waals surface area contributed by atoms with Crippen LogP contribution in [0.1, 0.15) is 12.7 Å². The molecule has 0 bridgehead atoms. The van der Waals surface area contributed by atoms with Crippen LogP contribution in [0.25, 0.3) is 11.5 Å². The summed E-state index contributed by atoms with van der Waals surface area (Å²) in [5.74, 6) is 1.22. The molecular formula is C11H11ClN2O2. The van der Waals surface area contributed by atoms with Crippen molar-refractivity contribution in [2.75, 3.05) is 6.61 Å². The Hall–Kier alpha value is -1.39. The molecule has 0 aliphatic carbocycles. The van der Waals surface area contributed by atoms with Crippen molar-refractivity contribution < 1.29 is 9.15 Å². The molecule has 84 valence electrons. The number of rotatable bonds is 4. The topological polar surface area (TPSA) is 48.2 Å². The van der Waals surface area contributed by atoms with Gasteiger partial charge < -0.3 is 9.15 Å². The molecule has 2 aromatic heterocycles.